The Morgan fingerprint density at radius 1 is 1.17 bits per heavy atom. The van der Waals surface area contributed by atoms with Crippen molar-refractivity contribution in [2.75, 3.05) is 5.33 Å². The van der Waals surface area contributed by atoms with Crippen molar-refractivity contribution >= 4 is 15.9 Å². The molecule has 0 amide bonds. The Balaban J connectivity index is 2.50. The highest BCUT2D eigenvalue weighted by atomic mass is 79.9. The van der Waals surface area contributed by atoms with Crippen molar-refractivity contribution < 1.29 is 10.2 Å². The summed E-state index contributed by atoms with van der Waals surface area (Å²) >= 11 is 3.32. The third kappa shape index (κ3) is 2.17. The molecular formula is C8H12BrNO2. The lowest BCUT2D eigenvalue weighted by Crippen LogP contribution is -1.96. The summed E-state index contributed by atoms with van der Waals surface area (Å²) < 4.78 is 1.49. The predicted molar refractivity (Wildman–Crippen MR) is 50.8 cm³/mol. The Labute approximate surface area is 79.8 Å². The molecule has 1 rings (SSSR count). The number of halogens is 1. The quantitative estimate of drug-likeness (QED) is 0.618. The molecule has 0 aromatic carbocycles. The van der Waals surface area contributed by atoms with Gasteiger partial charge in [0.1, 0.15) is 0 Å². The van der Waals surface area contributed by atoms with E-state index >= 15 is 0 Å². The van der Waals surface area contributed by atoms with Crippen molar-refractivity contribution in [3.05, 3.63) is 12.1 Å². The Morgan fingerprint density at radius 2 is 1.75 bits per heavy atom. The van der Waals surface area contributed by atoms with Crippen LogP contribution in [0.3, 0.4) is 0 Å². The van der Waals surface area contributed by atoms with Gasteiger partial charge in [0.15, 0.2) is 11.8 Å². The molecule has 0 spiro atoms. The predicted octanol–water partition coefficient (Wildman–Crippen LogP) is 2.07. The maximum Gasteiger partial charge on any atom is 0.193 e. The molecule has 0 radical (unpaired) electrons. The number of aromatic hydroxyl groups is 2. The third-order valence-electron chi connectivity index (χ3n) is 1.70. The molecule has 0 atom stereocenters. The van der Waals surface area contributed by atoms with Gasteiger partial charge in [0.05, 0.1) is 0 Å². The van der Waals surface area contributed by atoms with E-state index in [2.05, 4.69) is 15.9 Å². The molecule has 0 saturated heterocycles. The smallest absolute Gasteiger partial charge is 0.193 e. The van der Waals surface area contributed by atoms with Gasteiger partial charge in [-0.3, -0.25) is 4.57 Å². The lowest BCUT2D eigenvalue weighted by molar-refractivity contribution is 0.364. The molecule has 3 nitrogen and oxygen atoms in total. The fourth-order valence-corrected chi connectivity index (χ4v) is 1.44. The third-order valence-corrected chi connectivity index (χ3v) is 2.26. The maximum absolute atomic E-state index is 9.22. The summed E-state index contributed by atoms with van der Waals surface area (Å²) in [6, 6.07) is 2.98. The molecule has 0 bridgehead atoms. The fraction of sp³-hybridized carbons (Fsp3) is 0.500. The molecular weight excluding hydrogens is 222 g/mol. The van der Waals surface area contributed by atoms with Crippen LogP contribution in [0, 0.1) is 0 Å². The molecule has 0 unspecified atom stereocenters. The van der Waals surface area contributed by atoms with Crippen molar-refractivity contribution in [3.63, 3.8) is 0 Å². The molecule has 1 heterocycles. The Hall–Kier alpha value is -0.640. The van der Waals surface area contributed by atoms with Gasteiger partial charge >= 0.3 is 0 Å². The van der Waals surface area contributed by atoms with Crippen LogP contribution < -0.4 is 0 Å². The van der Waals surface area contributed by atoms with Gasteiger partial charge in [-0.15, -0.1) is 0 Å². The Kier molecular flexibility index (Phi) is 3.47. The first-order valence-corrected chi connectivity index (χ1v) is 5.01. The number of rotatable bonds is 4. The van der Waals surface area contributed by atoms with Gasteiger partial charge < -0.3 is 10.2 Å². The Morgan fingerprint density at radius 3 is 2.25 bits per heavy atom. The topological polar surface area (TPSA) is 45.4 Å². The summed E-state index contributed by atoms with van der Waals surface area (Å²) in [5, 5.41) is 19.4. The molecule has 68 valence electrons. The highest BCUT2D eigenvalue weighted by molar-refractivity contribution is 9.09. The highest BCUT2D eigenvalue weighted by Gasteiger charge is 2.03. The van der Waals surface area contributed by atoms with Crippen LogP contribution in [0.15, 0.2) is 12.1 Å². The van der Waals surface area contributed by atoms with Gasteiger partial charge in [-0.25, -0.2) is 0 Å². The molecule has 0 aliphatic carbocycles. The minimum absolute atomic E-state index is 0.127. The van der Waals surface area contributed by atoms with Crippen LogP contribution in [0.25, 0.3) is 0 Å². The zero-order valence-electron chi connectivity index (χ0n) is 6.70. The monoisotopic (exact) mass is 233 g/mol. The number of unbranched alkanes of at least 4 members (excludes halogenated alkanes) is 1. The number of hydrogen-bond acceptors (Lipinski definition) is 2. The van der Waals surface area contributed by atoms with Gasteiger partial charge in [-0.2, -0.15) is 0 Å². The van der Waals surface area contributed by atoms with E-state index < -0.39 is 0 Å². The van der Waals surface area contributed by atoms with Crippen molar-refractivity contribution in [1.82, 2.24) is 4.57 Å². The van der Waals surface area contributed by atoms with Crippen molar-refractivity contribution in [1.29, 1.82) is 0 Å². The van der Waals surface area contributed by atoms with E-state index in [-0.39, 0.29) is 11.8 Å². The van der Waals surface area contributed by atoms with Crippen LogP contribution in [0.2, 0.25) is 0 Å². The van der Waals surface area contributed by atoms with Gasteiger partial charge in [-0.05, 0) is 12.8 Å². The molecule has 0 aliphatic rings. The van der Waals surface area contributed by atoms with Crippen molar-refractivity contribution in [2.45, 2.75) is 19.4 Å². The standard InChI is InChI=1S/C8H12BrNO2/c9-5-1-2-6-10-7(11)3-4-8(10)12/h3-4,11-12H,1-2,5-6H2. The summed E-state index contributed by atoms with van der Waals surface area (Å²) in [6.07, 6.45) is 1.98. The summed E-state index contributed by atoms with van der Waals surface area (Å²) in [5.74, 6) is 0.254. The SMILES string of the molecule is Oc1ccc(O)n1CCCCBr. The average Bonchev–Trinajstić information content (AvgIpc) is 2.35. The second kappa shape index (κ2) is 4.40. The van der Waals surface area contributed by atoms with Crippen LogP contribution in [-0.2, 0) is 6.54 Å². The molecule has 0 aliphatic heterocycles. The van der Waals surface area contributed by atoms with E-state index in [1.54, 1.807) is 0 Å². The highest BCUT2D eigenvalue weighted by Crippen LogP contribution is 2.21. The minimum atomic E-state index is 0.127. The van der Waals surface area contributed by atoms with Crippen LogP contribution >= 0.6 is 15.9 Å². The first-order valence-electron chi connectivity index (χ1n) is 3.89. The van der Waals surface area contributed by atoms with Crippen LogP contribution in [-0.4, -0.2) is 20.1 Å². The van der Waals surface area contributed by atoms with E-state index in [1.807, 2.05) is 0 Å². The first kappa shape index (κ1) is 9.45. The van der Waals surface area contributed by atoms with Crippen LogP contribution in [0.5, 0.6) is 11.8 Å². The lowest BCUT2D eigenvalue weighted by atomic mass is 10.3. The second-order valence-corrected chi connectivity index (χ2v) is 3.39. The molecule has 4 heteroatoms. The summed E-state index contributed by atoms with van der Waals surface area (Å²) in [5.41, 5.74) is 0. The molecule has 2 N–H and O–H groups in total. The molecule has 0 saturated carbocycles. The van der Waals surface area contributed by atoms with Gasteiger partial charge in [0.2, 0.25) is 0 Å². The van der Waals surface area contributed by atoms with E-state index in [4.69, 9.17) is 0 Å². The Bertz CT molecular complexity index is 228. The number of nitrogens with zero attached hydrogens (tertiary/aromatic N) is 1. The lowest BCUT2D eigenvalue weighted by Gasteiger charge is -2.04. The van der Waals surface area contributed by atoms with E-state index in [0.717, 1.165) is 18.2 Å². The van der Waals surface area contributed by atoms with E-state index in [1.165, 1.54) is 16.7 Å². The zero-order valence-corrected chi connectivity index (χ0v) is 8.29. The number of hydrogen-bond donors (Lipinski definition) is 2. The molecule has 12 heavy (non-hydrogen) atoms. The summed E-state index contributed by atoms with van der Waals surface area (Å²) in [7, 11) is 0. The van der Waals surface area contributed by atoms with Gasteiger partial charge in [0, 0.05) is 24.0 Å². The maximum atomic E-state index is 9.22. The van der Waals surface area contributed by atoms with E-state index in [0.29, 0.717) is 6.54 Å². The number of alkyl halides is 1. The van der Waals surface area contributed by atoms with Gasteiger partial charge in [-0.1, -0.05) is 15.9 Å². The summed E-state index contributed by atoms with van der Waals surface area (Å²) in [6.45, 7) is 0.663. The van der Waals surface area contributed by atoms with Gasteiger partial charge in [0.25, 0.3) is 0 Å². The normalized spacial score (nSPS) is 10.4. The van der Waals surface area contributed by atoms with Crippen molar-refractivity contribution in [3.8, 4) is 11.8 Å². The molecule has 0 fully saturated rings. The minimum Gasteiger partial charge on any atom is -0.494 e. The van der Waals surface area contributed by atoms with Crippen LogP contribution in [0.1, 0.15) is 12.8 Å². The number of aromatic nitrogens is 1. The van der Waals surface area contributed by atoms with Crippen molar-refractivity contribution in [2.24, 2.45) is 0 Å². The van der Waals surface area contributed by atoms with E-state index in [9.17, 15) is 10.2 Å². The zero-order chi connectivity index (χ0) is 8.97. The fourth-order valence-electron chi connectivity index (χ4n) is 1.04. The molecule has 1 aromatic heterocycles. The summed E-state index contributed by atoms with van der Waals surface area (Å²) in [4.78, 5) is 0. The van der Waals surface area contributed by atoms with Crippen LogP contribution in [0.4, 0.5) is 0 Å². The molecule has 1 aromatic rings. The second-order valence-electron chi connectivity index (χ2n) is 2.60. The average molecular weight is 234 g/mol. The first-order chi connectivity index (χ1) is 5.75. The largest absolute Gasteiger partial charge is 0.494 e.